The lowest BCUT2D eigenvalue weighted by Crippen LogP contribution is -2.43. The van der Waals surface area contributed by atoms with E-state index in [4.69, 9.17) is 0 Å². The molecule has 3 aromatic rings. The second-order valence-electron chi connectivity index (χ2n) is 7.59. The van der Waals surface area contributed by atoms with E-state index < -0.39 is 0 Å². The molecular weight excluding hydrogens is 369 g/mol. The number of rotatable bonds is 6. The first-order valence-electron chi connectivity index (χ1n) is 10.2. The number of piperidine rings is 1. The van der Waals surface area contributed by atoms with E-state index in [2.05, 4.69) is 24.8 Å². The van der Waals surface area contributed by atoms with Gasteiger partial charge in [0.25, 0.3) is 0 Å². The molecule has 1 atom stereocenters. The molecule has 1 saturated heterocycles. The van der Waals surface area contributed by atoms with E-state index in [1.807, 2.05) is 19.2 Å². The molecule has 6 nitrogen and oxygen atoms in total. The van der Waals surface area contributed by atoms with Gasteiger partial charge >= 0.3 is 0 Å². The third-order valence-electron chi connectivity index (χ3n) is 5.61. The molecule has 1 aromatic carbocycles. The lowest BCUT2D eigenvalue weighted by atomic mass is 9.96. The van der Waals surface area contributed by atoms with Crippen LogP contribution >= 0.6 is 0 Å². The van der Waals surface area contributed by atoms with Crippen LogP contribution in [0.2, 0.25) is 0 Å². The molecule has 1 amide bonds. The summed E-state index contributed by atoms with van der Waals surface area (Å²) >= 11 is 0. The summed E-state index contributed by atoms with van der Waals surface area (Å²) < 4.78 is 15.9. The predicted molar refractivity (Wildman–Crippen MR) is 111 cm³/mol. The standard InChI is InChI=1S/C22H26FN5O/c1-16-24-10-13-27(16)12-3-8-26-22(29)17-4-2-11-28(15-17)21-7-9-25-20-6-5-18(23)14-19(20)21/h5-7,9-10,13-14,17H,2-4,8,11-12,15H2,1H3,(H,26,29). The number of pyridine rings is 1. The van der Waals surface area contributed by atoms with Gasteiger partial charge in [0.05, 0.1) is 11.4 Å². The molecule has 0 radical (unpaired) electrons. The van der Waals surface area contributed by atoms with Crippen LogP contribution in [0.25, 0.3) is 10.9 Å². The molecule has 1 fully saturated rings. The highest BCUT2D eigenvalue weighted by Gasteiger charge is 2.26. The van der Waals surface area contributed by atoms with Gasteiger partial charge in [-0.05, 0) is 50.5 Å². The number of benzene rings is 1. The average molecular weight is 395 g/mol. The molecule has 4 rings (SSSR count). The van der Waals surface area contributed by atoms with Gasteiger partial charge in [-0.3, -0.25) is 9.78 Å². The van der Waals surface area contributed by atoms with Crippen LogP contribution in [0.3, 0.4) is 0 Å². The van der Waals surface area contributed by atoms with Crippen molar-refractivity contribution >= 4 is 22.5 Å². The molecular formula is C22H26FN5O. The van der Waals surface area contributed by atoms with E-state index in [1.165, 1.54) is 12.1 Å². The molecule has 1 aliphatic heterocycles. The van der Waals surface area contributed by atoms with E-state index in [-0.39, 0.29) is 17.6 Å². The van der Waals surface area contributed by atoms with Crippen LogP contribution in [0.1, 0.15) is 25.1 Å². The number of fused-ring (bicyclic) bond motifs is 1. The monoisotopic (exact) mass is 395 g/mol. The highest BCUT2D eigenvalue weighted by molar-refractivity contribution is 5.92. The number of nitrogens with zero attached hydrogens (tertiary/aromatic N) is 4. The van der Waals surface area contributed by atoms with Gasteiger partial charge in [-0.1, -0.05) is 0 Å². The summed E-state index contributed by atoms with van der Waals surface area (Å²) in [6.45, 7) is 4.97. The Bertz CT molecular complexity index is 1000. The van der Waals surface area contributed by atoms with Crippen LogP contribution in [0.4, 0.5) is 10.1 Å². The summed E-state index contributed by atoms with van der Waals surface area (Å²) in [5, 5.41) is 3.88. The van der Waals surface area contributed by atoms with E-state index in [0.29, 0.717) is 13.1 Å². The summed E-state index contributed by atoms with van der Waals surface area (Å²) in [5.74, 6) is 0.753. The van der Waals surface area contributed by atoms with E-state index >= 15 is 0 Å². The Labute approximate surface area is 169 Å². The number of hydrogen-bond acceptors (Lipinski definition) is 4. The van der Waals surface area contributed by atoms with Crippen LogP contribution in [0.15, 0.2) is 42.9 Å². The molecule has 1 unspecified atom stereocenters. The molecule has 2 aromatic heterocycles. The minimum Gasteiger partial charge on any atom is -0.370 e. The van der Waals surface area contributed by atoms with Gasteiger partial charge in [-0.25, -0.2) is 9.37 Å². The normalized spacial score (nSPS) is 16.9. The van der Waals surface area contributed by atoms with Crippen molar-refractivity contribution in [1.82, 2.24) is 19.9 Å². The van der Waals surface area contributed by atoms with Gasteiger partial charge in [-0.2, -0.15) is 0 Å². The average Bonchev–Trinajstić information content (AvgIpc) is 3.15. The van der Waals surface area contributed by atoms with Crippen molar-refractivity contribution < 1.29 is 9.18 Å². The number of carbonyl (C=O) groups excluding carboxylic acids is 1. The number of amides is 1. The van der Waals surface area contributed by atoms with Gasteiger partial charge in [0.15, 0.2) is 0 Å². The molecule has 0 saturated carbocycles. The highest BCUT2D eigenvalue weighted by atomic mass is 19.1. The summed E-state index contributed by atoms with van der Waals surface area (Å²) in [6.07, 6.45) is 8.17. The fraction of sp³-hybridized carbons (Fsp3) is 0.409. The third-order valence-corrected chi connectivity index (χ3v) is 5.61. The number of aryl methyl sites for hydroxylation is 2. The summed E-state index contributed by atoms with van der Waals surface area (Å²) in [4.78, 5) is 23.4. The van der Waals surface area contributed by atoms with Crippen LogP contribution in [0, 0.1) is 18.7 Å². The van der Waals surface area contributed by atoms with Crippen molar-refractivity contribution in [3.63, 3.8) is 0 Å². The fourth-order valence-corrected chi connectivity index (χ4v) is 4.04. The van der Waals surface area contributed by atoms with E-state index in [0.717, 1.165) is 54.8 Å². The van der Waals surface area contributed by atoms with Gasteiger partial charge in [0.1, 0.15) is 11.6 Å². The lowest BCUT2D eigenvalue weighted by molar-refractivity contribution is -0.125. The van der Waals surface area contributed by atoms with Crippen molar-refractivity contribution in [2.45, 2.75) is 32.7 Å². The zero-order chi connectivity index (χ0) is 20.2. The van der Waals surface area contributed by atoms with Gasteiger partial charge < -0.3 is 14.8 Å². The van der Waals surface area contributed by atoms with Crippen molar-refractivity contribution in [3.05, 3.63) is 54.5 Å². The number of halogens is 1. The topological polar surface area (TPSA) is 63.1 Å². The molecule has 3 heterocycles. The molecule has 7 heteroatoms. The molecule has 1 N–H and O–H groups in total. The largest absolute Gasteiger partial charge is 0.370 e. The number of imidazole rings is 1. The quantitative estimate of drug-likeness (QED) is 0.651. The lowest BCUT2D eigenvalue weighted by Gasteiger charge is -2.34. The third kappa shape index (κ3) is 4.39. The molecule has 0 spiro atoms. The zero-order valence-electron chi connectivity index (χ0n) is 16.6. The number of hydrogen-bond donors (Lipinski definition) is 1. The van der Waals surface area contributed by atoms with Crippen LogP contribution in [-0.2, 0) is 11.3 Å². The van der Waals surface area contributed by atoms with Crippen LogP contribution < -0.4 is 10.2 Å². The molecule has 0 aliphatic carbocycles. The van der Waals surface area contributed by atoms with Crippen LogP contribution in [0.5, 0.6) is 0 Å². The maximum Gasteiger partial charge on any atom is 0.224 e. The Hall–Kier alpha value is -2.96. The minimum absolute atomic E-state index is 0.0597. The first-order valence-corrected chi connectivity index (χ1v) is 10.2. The van der Waals surface area contributed by atoms with Crippen LogP contribution in [-0.4, -0.2) is 40.1 Å². The molecule has 0 bridgehead atoms. The minimum atomic E-state index is -0.272. The first kappa shape index (κ1) is 19.4. The Morgan fingerprint density at radius 3 is 3.00 bits per heavy atom. The summed E-state index contributed by atoms with van der Waals surface area (Å²) in [5.41, 5.74) is 1.72. The summed E-state index contributed by atoms with van der Waals surface area (Å²) in [7, 11) is 0. The van der Waals surface area contributed by atoms with Crippen molar-refractivity contribution in [1.29, 1.82) is 0 Å². The van der Waals surface area contributed by atoms with Gasteiger partial charge in [0.2, 0.25) is 5.91 Å². The Morgan fingerprint density at radius 2 is 2.17 bits per heavy atom. The van der Waals surface area contributed by atoms with Gasteiger partial charge in [0, 0.05) is 55.8 Å². The molecule has 152 valence electrons. The van der Waals surface area contributed by atoms with Crippen molar-refractivity contribution in [3.8, 4) is 0 Å². The number of aromatic nitrogens is 3. The van der Waals surface area contributed by atoms with E-state index in [9.17, 15) is 9.18 Å². The molecule has 29 heavy (non-hydrogen) atoms. The highest BCUT2D eigenvalue weighted by Crippen LogP contribution is 2.30. The maximum atomic E-state index is 13.8. The van der Waals surface area contributed by atoms with Gasteiger partial charge in [-0.15, -0.1) is 0 Å². The maximum absolute atomic E-state index is 13.8. The number of nitrogens with one attached hydrogen (secondary N) is 1. The summed E-state index contributed by atoms with van der Waals surface area (Å²) in [6, 6.07) is 6.57. The first-order chi connectivity index (χ1) is 14.1. The number of anilines is 1. The second kappa shape index (κ2) is 8.59. The van der Waals surface area contributed by atoms with E-state index in [1.54, 1.807) is 18.5 Å². The van der Waals surface area contributed by atoms with Crippen molar-refractivity contribution in [2.24, 2.45) is 5.92 Å². The smallest absolute Gasteiger partial charge is 0.224 e. The number of carbonyl (C=O) groups is 1. The predicted octanol–water partition coefficient (Wildman–Crippen LogP) is 3.30. The Morgan fingerprint density at radius 1 is 1.28 bits per heavy atom. The zero-order valence-corrected chi connectivity index (χ0v) is 16.6. The van der Waals surface area contributed by atoms with Crippen molar-refractivity contribution in [2.75, 3.05) is 24.5 Å². The second-order valence-corrected chi connectivity index (χ2v) is 7.59. The Kier molecular flexibility index (Phi) is 5.74. The molecule has 1 aliphatic rings. The fourth-order valence-electron chi connectivity index (χ4n) is 4.04. The SMILES string of the molecule is Cc1nccn1CCCNC(=O)C1CCCN(c2ccnc3ccc(F)cc23)C1. The Balaban J connectivity index is 1.36.